The van der Waals surface area contributed by atoms with Crippen LogP contribution >= 0.6 is 0 Å². The molecule has 0 aromatic rings. The molecule has 1 unspecified atom stereocenters. The van der Waals surface area contributed by atoms with Crippen molar-refractivity contribution >= 4 is 0 Å². The Bertz CT molecular complexity index is 107. The predicted molar refractivity (Wildman–Crippen MR) is 38.1 cm³/mol. The summed E-state index contributed by atoms with van der Waals surface area (Å²) in [4.78, 5) is 0. The van der Waals surface area contributed by atoms with Crippen LogP contribution in [0.5, 0.6) is 0 Å². The molecule has 0 spiro atoms. The highest BCUT2D eigenvalue weighted by Crippen LogP contribution is 2.27. The summed E-state index contributed by atoms with van der Waals surface area (Å²) in [6.07, 6.45) is -3.27. The van der Waals surface area contributed by atoms with Crippen LogP contribution < -0.4 is 5.73 Å². The molecule has 68 valence electrons. The van der Waals surface area contributed by atoms with Gasteiger partial charge in [0.1, 0.15) is 6.04 Å². The van der Waals surface area contributed by atoms with Crippen molar-refractivity contribution in [2.75, 3.05) is 0 Å². The first kappa shape index (κ1) is 10.8. The standard InChI is InChI=1S/C7H14F3N/c1-3-5(4-2)6(11)7(8,9)10/h5-6H,3-4,11H2,1-2H3. The van der Waals surface area contributed by atoms with Crippen LogP contribution in [0.1, 0.15) is 26.7 Å². The maximum atomic E-state index is 11.9. The molecular weight excluding hydrogens is 155 g/mol. The van der Waals surface area contributed by atoms with Gasteiger partial charge < -0.3 is 5.73 Å². The Morgan fingerprint density at radius 1 is 1.18 bits per heavy atom. The second-order valence-corrected chi connectivity index (χ2v) is 2.64. The maximum Gasteiger partial charge on any atom is 0.403 e. The second kappa shape index (κ2) is 3.95. The van der Waals surface area contributed by atoms with Crippen LogP contribution in [0.3, 0.4) is 0 Å². The van der Waals surface area contributed by atoms with Crippen LogP contribution in [0.15, 0.2) is 0 Å². The Balaban J connectivity index is 4.09. The molecule has 0 radical (unpaired) electrons. The summed E-state index contributed by atoms with van der Waals surface area (Å²) in [6.45, 7) is 3.44. The first-order valence-electron chi connectivity index (χ1n) is 3.75. The van der Waals surface area contributed by atoms with Crippen molar-refractivity contribution < 1.29 is 13.2 Å². The third-order valence-corrected chi connectivity index (χ3v) is 1.93. The van der Waals surface area contributed by atoms with E-state index in [1.807, 2.05) is 0 Å². The van der Waals surface area contributed by atoms with Crippen molar-refractivity contribution in [2.45, 2.75) is 38.9 Å². The lowest BCUT2D eigenvalue weighted by atomic mass is 9.95. The van der Waals surface area contributed by atoms with Crippen molar-refractivity contribution in [3.8, 4) is 0 Å². The first-order chi connectivity index (χ1) is 4.93. The minimum Gasteiger partial charge on any atom is -0.320 e. The Kier molecular flexibility index (Phi) is 3.86. The third-order valence-electron chi connectivity index (χ3n) is 1.93. The van der Waals surface area contributed by atoms with Gasteiger partial charge in [-0.1, -0.05) is 26.7 Å². The molecule has 0 rings (SSSR count). The highest BCUT2D eigenvalue weighted by atomic mass is 19.4. The van der Waals surface area contributed by atoms with Gasteiger partial charge in [-0.15, -0.1) is 0 Å². The SMILES string of the molecule is CCC(CC)C(N)C(F)(F)F. The zero-order valence-electron chi connectivity index (χ0n) is 6.78. The number of alkyl halides is 3. The number of hydrogen-bond donors (Lipinski definition) is 1. The van der Waals surface area contributed by atoms with Crippen LogP contribution in [0.4, 0.5) is 13.2 Å². The summed E-state index contributed by atoms with van der Waals surface area (Å²) in [5.41, 5.74) is 4.99. The van der Waals surface area contributed by atoms with E-state index in [2.05, 4.69) is 0 Å². The molecule has 0 aromatic heterocycles. The highest BCUT2D eigenvalue weighted by molar-refractivity contribution is 4.77. The van der Waals surface area contributed by atoms with Gasteiger partial charge in [-0.25, -0.2) is 0 Å². The number of hydrogen-bond acceptors (Lipinski definition) is 1. The van der Waals surface area contributed by atoms with Crippen LogP contribution in [-0.4, -0.2) is 12.2 Å². The van der Waals surface area contributed by atoms with E-state index < -0.39 is 18.1 Å². The van der Waals surface area contributed by atoms with Crippen LogP contribution in [-0.2, 0) is 0 Å². The molecule has 1 atom stereocenters. The lowest BCUT2D eigenvalue weighted by Crippen LogP contribution is -2.43. The van der Waals surface area contributed by atoms with E-state index in [1.54, 1.807) is 13.8 Å². The van der Waals surface area contributed by atoms with Gasteiger partial charge in [-0.3, -0.25) is 0 Å². The molecule has 0 heterocycles. The molecule has 0 saturated carbocycles. The molecule has 0 bridgehead atoms. The lowest BCUT2D eigenvalue weighted by Gasteiger charge is -2.23. The molecule has 11 heavy (non-hydrogen) atoms. The number of rotatable bonds is 3. The lowest BCUT2D eigenvalue weighted by molar-refractivity contribution is -0.159. The average Bonchev–Trinajstić information content (AvgIpc) is 1.88. The molecule has 0 amide bonds. The van der Waals surface area contributed by atoms with E-state index in [9.17, 15) is 13.2 Å². The molecule has 1 nitrogen and oxygen atoms in total. The molecule has 0 saturated heterocycles. The summed E-state index contributed by atoms with van der Waals surface area (Å²) in [7, 11) is 0. The summed E-state index contributed by atoms with van der Waals surface area (Å²) in [5.74, 6) is -0.435. The second-order valence-electron chi connectivity index (χ2n) is 2.64. The fourth-order valence-corrected chi connectivity index (χ4v) is 1.06. The smallest absolute Gasteiger partial charge is 0.320 e. The minimum atomic E-state index is -4.24. The molecule has 0 aliphatic carbocycles. The van der Waals surface area contributed by atoms with E-state index in [-0.39, 0.29) is 0 Å². The predicted octanol–water partition coefficient (Wildman–Crippen LogP) is 2.31. The fourth-order valence-electron chi connectivity index (χ4n) is 1.06. The molecule has 4 heteroatoms. The quantitative estimate of drug-likeness (QED) is 0.689. The van der Waals surface area contributed by atoms with Gasteiger partial charge in [0.15, 0.2) is 0 Å². The van der Waals surface area contributed by atoms with Gasteiger partial charge in [-0.2, -0.15) is 13.2 Å². The van der Waals surface area contributed by atoms with E-state index in [1.165, 1.54) is 0 Å². The Morgan fingerprint density at radius 3 is 1.64 bits per heavy atom. The zero-order chi connectivity index (χ0) is 9.07. The summed E-state index contributed by atoms with van der Waals surface area (Å²) < 4.78 is 35.8. The summed E-state index contributed by atoms with van der Waals surface area (Å²) >= 11 is 0. The topological polar surface area (TPSA) is 26.0 Å². The van der Waals surface area contributed by atoms with Crippen LogP contribution in [0.25, 0.3) is 0 Å². The van der Waals surface area contributed by atoms with E-state index in [4.69, 9.17) is 5.73 Å². The van der Waals surface area contributed by atoms with Gasteiger partial charge in [-0.05, 0) is 5.92 Å². The number of halogens is 3. The summed E-state index contributed by atoms with van der Waals surface area (Å²) in [5, 5.41) is 0. The van der Waals surface area contributed by atoms with E-state index in [0.717, 1.165) is 0 Å². The fraction of sp³-hybridized carbons (Fsp3) is 1.00. The van der Waals surface area contributed by atoms with Gasteiger partial charge in [0.25, 0.3) is 0 Å². The van der Waals surface area contributed by atoms with Gasteiger partial charge >= 0.3 is 6.18 Å². The Morgan fingerprint density at radius 2 is 1.55 bits per heavy atom. The zero-order valence-corrected chi connectivity index (χ0v) is 6.78. The molecule has 2 N–H and O–H groups in total. The van der Waals surface area contributed by atoms with Crippen molar-refractivity contribution in [2.24, 2.45) is 11.7 Å². The first-order valence-corrected chi connectivity index (χ1v) is 3.75. The molecular formula is C7H14F3N. The molecule has 0 aromatic carbocycles. The Hall–Kier alpha value is -0.250. The maximum absolute atomic E-state index is 11.9. The van der Waals surface area contributed by atoms with Crippen molar-refractivity contribution in [3.05, 3.63) is 0 Å². The van der Waals surface area contributed by atoms with Gasteiger partial charge in [0.05, 0.1) is 0 Å². The largest absolute Gasteiger partial charge is 0.403 e. The normalized spacial score (nSPS) is 15.5. The third kappa shape index (κ3) is 3.10. The van der Waals surface area contributed by atoms with Gasteiger partial charge in [0.2, 0.25) is 0 Å². The molecule has 0 aliphatic rings. The van der Waals surface area contributed by atoms with Crippen LogP contribution in [0, 0.1) is 5.92 Å². The highest BCUT2D eigenvalue weighted by Gasteiger charge is 2.40. The monoisotopic (exact) mass is 169 g/mol. The van der Waals surface area contributed by atoms with Crippen LogP contribution in [0.2, 0.25) is 0 Å². The molecule has 0 fully saturated rings. The molecule has 0 aliphatic heterocycles. The van der Waals surface area contributed by atoms with Crippen molar-refractivity contribution in [3.63, 3.8) is 0 Å². The minimum absolute atomic E-state index is 0.435. The average molecular weight is 169 g/mol. The van der Waals surface area contributed by atoms with E-state index >= 15 is 0 Å². The van der Waals surface area contributed by atoms with E-state index in [0.29, 0.717) is 12.8 Å². The van der Waals surface area contributed by atoms with Gasteiger partial charge in [0, 0.05) is 0 Å². The van der Waals surface area contributed by atoms with Crippen molar-refractivity contribution in [1.29, 1.82) is 0 Å². The number of nitrogens with two attached hydrogens (primary N) is 1. The Labute approximate surface area is 64.8 Å². The van der Waals surface area contributed by atoms with Crippen molar-refractivity contribution in [1.82, 2.24) is 0 Å². The summed E-state index contributed by atoms with van der Waals surface area (Å²) in [6, 6.07) is -1.66.